The third-order valence-electron chi connectivity index (χ3n) is 2.17. The van der Waals surface area contributed by atoms with E-state index in [1.54, 1.807) is 38.4 Å². The molecule has 0 radical (unpaired) electrons. The lowest BCUT2D eigenvalue weighted by molar-refractivity contribution is -0.144. The molecule has 0 aliphatic heterocycles. The van der Waals surface area contributed by atoms with Crippen molar-refractivity contribution >= 4 is 11.9 Å². The van der Waals surface area contributed by atoms with Crippen molar-refractivity contribution in [3.63, 3.8) is 0 Å². The van der Waals surface area contributed by atoms with E-state index in [2.05, 4.69) is 0 Å². The molecule has 0 heterocycles. The molecule has 1 aromatic carbocycles. The fourth-order valence-electron chi connectivity index (χ4n) is 1.19. The van der Waals surface area contributed by atoms with Crippen molar-refractivity contribution in [1.29, 1.82) is 0 Å². The zero-order valence-corrected chi connectivity index (χ0v) is 10.0. The maximum atomic E-state index is 11.6. The molecule has 17 heavy (non-hydrogen) atoms. The lowest BCUT2D eigenvalue weighted by Crippen LogP contribution is -2.23. The second-order valence-electron chi connectivity index (χ2n) is 3.82. The summed E-state index contributed by atoms with van der Waals surface area (Å²) in [5.74, 6) is -0.712. The van der Waals surface area contributed by atoms with Gasteiger partial charge in [-0.3, -0.25) is 4.79 Å². The fraction of sp³-hybridized carbons (Fsp3) is 0.333. The lowest BCUT2D eigenvalue weighted by Gasteiger charge is -2.12. The van der Waals surface area contributed by atoms with Crippen LogP contribution in [-0.2, 0) is 4.79 Å². The Kier molecular flexibility index (Phi) is 4.09. The molecule has 1 amide bonds. The molecule has 1 atom stereocenters. The van der Waals surface area contributed by atoms with Crippen LogP contribution >= 0.6 is 0 Å². The molecule has 92 valence electrons. The first kappa shape index (κ1) is 13.0. The van der Waals surface area contributed by atoms with Crippen LogP contribution in [-0.4, -0.2) is 42.1 Å². The number of carboxylic acids is 1. The van der Waals surface area contributed by atoms with Gasteiger partial charge in [0.15, 0.2) is 6.10 Å². The summed E-state index contributed by atoms with van der Waals surface area (Å²) in [4.78, 5) is 23.6. The summed E-state index contributed by atoms with van der Waals surface area (Å²) in [7, 11) is 3.33. The fourth-order valence-corrected chi connectivity index (χ4v) is 1.19. The number of amides is 1. The van der Waals surface area contributed by atoms with Crippen molar-refractivity contribution in [3.8, 4) is 5.75 Å². The van der Waals surface area contributed by atoms with Gasteiger partial charge in [-0.05, 0) is 31.2 Å². The number of carbonyl (C=O) groups is 2. The van der Waals surface area contributed by atoms with Gasteiger partial charge in [-0.15, -0.1) is 0 Å². The molecular weight excluding hydrogens is 222 g/mol. The van der Waals surface area contributed by atoms with Gasteiger partial charge in [-0.25, -0.2) is 4.79 Å². The molecule has 1 unspecified atom stereocenters. The number of carbonyl (C=O) groups excluding carboxylic acids is 1. The van der Waals surface area contributed by atoms with Gasteiger partial charge in [-0.2, -0.15) is 0 Å². The number of hydrogen-bond donors (Lipinski definition) is 1. The largest absolute Gasteiger partial charge is 0.479 e. The van der Waals surface area contributed by atoms with Crippen LogP contribution < -0.4 is 4.74 Å². The molecule has 0 aliphatic rings. The Hall–Kier alpha value is -2.04. The van der Waals surface area contributed by atoms with E-state index in [0.717, 1.165) is 0 Å². The second kappa shape index (κ2) is 5.34. The van der Waals surface area contributed by atoms with Crippen molar-refractivity contribution in [2.24, 2.45) is 0 Å². The van der Waals surface area contributed by atoms with Gasteiger partial charge >= 0.3 is 5.97 Å². The molecule has 0 aromatic heterocycles. The molecule has 1 aromatic rings. The summed E-state index contributed by atoms with van der Waals surface area (Å²) in [6, 6.07) is 6.37. The van der Waals surface area contributed by atoms with Crippen LogP contribution in [0, 0.1) is 0 Å². The van der Waals surface area contributed by atoms with Gasteiger partial charge in [0.25, 0.3) is 5.91 Å². The van der Waals surface area contributed by atoms with Crippen LogP contribution in [0.2, 0.25) is 0 Å². The van der Waals surface area contributed by atoms with E-state index in [1.165, 1.54) is 11.8 Å². The van der Waals surface area contributed by atoms with Gasteiger partial charge in [0.1, 0.15) is 5.75 Å². The Morgan fingerprint density at radius 2 is 1.76 bits per heavy atom. The van der Waals surface area contributed by atoms with Crippen LogP contribution in [0.5, 0.6) is 5.75 Å². The lowest BCUT2D eigenvalue weighted by atomic mass is 10.2. The van der Waals surface area contributed by atoms with Gasteiger partial charge in [0.05, 0.1) is 0 Å². The summed E-state index contributed by atoms with van der Waals surface area (Å²) in [5.41, 5.74) is 0.533. The smallest absolute Gasteiger partial charge is 0.344 e. The van der Waals surface area contributed by atoms with Crippen molar-refractivity contribution < 1.29 is 19.4 Å². The zero-order chi connectivity index (χ0) is 13.0. The predicted molar refractivity (Wildman–Crippen MR) is 62.2 cm³/mol. The quantitative estimate of drug-likeness (QED) is 0.855. The Morgan fingerprint density at radius 1 is 1.24 bits per heavy atom. The highest BCUT2D eigenvalue weighted by atomic mass is 16.5. The standard InChI is InChI=1S/C12H15NO4/c1-8(12(15)16)17-10-6-4-9(5-7-10)11(14)13(2)3/h4-8H,1-3H3,(H,15,16). The first-order chi connectivity index (χ1) is 7.91. The molecule has 1 N–H and O–H groups in total. The van der Waals surface area contributed by atoms with Gasteiger partial charge in [0, 0.05) is 19.7 Å². The number of carboxylic acid groups (broad SMARTS) is 1. The van der Waals surface area contributed by atoms with Crippen LogP contribution in [0.4, 0.5) is 0 Å². The maximum Gasteiger partial charge on any atom is 0.344 e. The van der Waals surface area contributed by atoms with E-state index in [4.69, 9.17) is 9.84 Å². The SMILES string of the molecule is CC(Oc1ccc(C(=O)N(C)C)cc1)C(=O)O. The minimum atomic E-state index is -1.03. The maximum absolute atomic E-state index is 11.6. The number of benzene rings is 1. The Balaban J connectivity index is 2.75. The van der Waals surface area contributed by atoms with Crippen LogP contribution in [0.3, 0.4) is 0 Å². The minimum absolute atomic E-state index is 0.108. The van der Waals surface area contributed by atoms with Gasteiger partial charge in [-0.1, -0.05) is 0 Å². The number of aliphatic carboxylic acids is 1. The molecule has 1 rings (SSSR count). The summed E-state index contributed by atoms with van der Waals surface area (Å²) in [6.07, 6.45) is -0.912. The highest BCUT2D eigenvalue weighted by Crippen LogP contribution is 2.14. The molecule has 0 aliphatic carbocycles. The predicted octanol–water partition coefficient (Wildman–Crippen LogP) is 1.24. The number of rotatable bonds is 4. The van der Waals surface area contributed by atoms with Crippen LogP contribution in [0.25, 0.3) is 0 Å². The molecule has 0 spiro atoms. The minimum Gasteiger partial charge on any atom is -0.479 e. The average Bonchev–Trinajstić information content (AvgIpc) is 2.28. The molecule has 5 nitrogen and oxygen atoms in total. The Bertz CT molecular complexity index is 411. The molecule has 0 bridgehead atoms. The van der Waals surface area contributed by atoms with E-state index in [-0.39, 0.29) is 5.91 Å². The molecule has 5 heteroatoms. The third-order valence-corrected chi connectivity index (χ3v) is 2.17. The second-order valence-corrected chi connectivity index (χ2v) is 3.82. The summed E-state index contributed by atoms with van der Waals surface area (Å²) in [6.45, 7) is 1.45. The van der Waals surface area contributed by atoms with Crippen LogP contribution in [0.1, 0.15) is 17.3 Å². The summed E-state index contributed by atoms with van der Waals surface area (Å²) in [5, 5.41) is 8.67. The summed E-state index contributed by atoms with van der Waals surface area (Å²) >= 11 is 0. The van der Waals surface area contributed by atoms with E-state index in [1.807, 2.05) is 0 Å². The van der Waals surface area contributed by atoms with Crippen LogP contribution in [0.15, 0.2) is 24.3 Å². The van der Waals surface area contributed by atoms with E-state index >= 15 is 0 Å². The van der Waals surface area contributed by atoms with Gasteiger partial charge < -0.3 is 14.7 Å². The molecule has 0 saturated heterocycles. The highest BCUT2D eigenvalue weighted by Gasteiger charge is 2.13. The third kappa shape index (κ3) is 3.48. The number of nitrogens with zero attached hydrogens (tertiary/aromatic N) is 1. The normalized spacial score (nSPS) is 11.7. The first-order valence-electron chi connectivity index (χ1n) is 5.13. The summed E-state index contributed by atoms with van der Waals surface area (Å²) < 4.78 is 5.15. The number of ether oxygens (including phenoxy) is 1. The topological polar surface area (TPSA) is 66.8 Å². The average molecular weight is 237 g/mol. The molecule has 0 saturated carbocycles. The molecular formula is C12H15NO4. The van der Waals surface area contributed by atoms with Crippen molar-refractivity contribution in [2.45, 2.75) is 13.0 Å². The van der Waals surface area contributed by atoms with E-state index in [9.17, 15) is 9.59 Å². The van der Waals surface area contributed by atoms with Crippen molar-refractivity contribution in [1.82, 2.24) is 4.90 Å². The van der Waals surface area contributed by atoms with Gasteiger partial charge in [0.2, 0.25) is 0 Å². The Morgan fingerprint density at radius 3 is 2.18 bits per heavy atom. The monoisotopic (exact) mass is 237 g/mol. The number of hydrogen-bond acceptors (Lipinski definition) is 3. The first-order valence-corrected chi connectivity index (χ1v) is 5.13. The van der Waals surface area contributed by atoms with E-state index < -0.39 is 12.1 Å². The Labute approximate surface area is 99.6 Å². The highest BCUT2D eigenvalue weighted by molar-refractivity contribution is 5.93. The van der Waals surface area contributed by atoms with E-state index in [0.29, 0.717) is 11.3 Å². The zero-order valence-electron chi connectivity index (χ0n) is 10.0. The van der Waals surface area contributed by atoms with Crippen molar-refractivity contribution in [2.75, 3.05) is 14.1 Å². The molecule has 0 fully saturated rings. The van der Waals surface area contributed by atoms with Crippen molar-refractivity contribution in [3.05, 3.63) is 29.8 Å².